The number of fused-ring (bicyclic) bond motifs is 1. The van der Waals surface area contributed by atoms with Crippen molar-refractivity contribution in [2.24, 2.45) is 0 Å². The van der Waals surface area contributed by atoms with Crippen molar-refractivity contribution in [3.05, 3.63) is 94.8 Å². The molecular formula is C31H30FN3O4. The Balaban J connectivity index is 1.12. The molecule has 0 bridgehead atoms. The van der Waals surface area contributed by atoms with E-state index in [9.17, 15) is 18.8 Å². The zero-order valence-corrected chi connectivity index (χ0v) is 21.6. The Hall–Kier alpha value is -4.04. The van der Waals surface area contributed by atoms with Crippen LogP contribution in [0.25, 0.3) is 0 Å². The molecule has 0 aromatic heterocycles. The molecule has 8 heteroatoms. The molecule has 1 unspecified atom stereocenters. The summed E-state index contributed by atoms with van der Waals surface area (Å²) in [5.74, 6) is 0.181. The average molecular weight is 528 g/mol. The summed E-state index contributed by atoms with van der Waals surface area (Å²) in [6.45, 7) is 2.77. The molecule has 2 saturated heterocycles. The van der Waals surface area contributed by atoms with Crippen molar-refractivity contribution in [1.82, 2.24) is 15.1 Å². The summed E-state index contributed by atoms with van der Waals surface area (Å²) in [5, 5.41) is 2.32. The largest absolute Gasteiger partial charge is 0.457 e. The molecule has 0 saturated carbocycles. The average Bonchev–Trinajstić information content (AvgIpc) is 3.25. The van der Waals surface area contributed by atoms with Gasteiger partial charge >= 0.3 is 0 Å². The van der Waals surface area contributed by atoms with E-state index in [1.165, 1.54) is 16.5 Å². The predicted molar refractivity (Wildman–Crippen MR) is 143 cm³/mol. The Labute approximate surface area is 226 Å². The van der Waals surface area contributed by atoms with Crippen LogP contribution in [0.5, 0.6) is 11.5 Å². The van der Waals surface area contributed by atoms with Crippen molar-refractivity contribution in [2.75, 3.05) is 13.1 Å². The first-order chi connectivity index (χ1) is 18.9. The van der Waals surface area contributed by atoms with Crippen LogP contribution in [-0.4, -0.2) is 46.7 Å². The predicted octanol–water partition coefficient (Wildman–Crippen LogP) is 4.76. The molecule has 3 amide bonds. The molecule has 0 aliphatic carbocycles. The molecule has 0 radical (unpaired) electrons. The molecule has 3 aliphatic rings. The first-order valence-corrected chi connectivity index (χ1v) is 13.5. The Bertz CT molecular complexity index is 1420. The molecular weight excluding hydrogens is 497 g/mol. The Morgan fingerprint density at radius 1 is 0.897 bits per heavy atom. The van der Waals surface area contributed by atoms with Gasteiger partial charge in [0.2, 0.25) is 11.8 Å². The van der Waals surface area contributed by atoms with E-state index in [4.69, 9.17) is 4.74 Å². The molecule has 0 spiro atoms. The molecule has 1 atom stereocenters. The fourth-order valence-electron chi connectivity index (χ4n) is 6.01. The lowest BCUT2D eigenvalue weighted by Crippen LogP contribution is -2.52. The normalized spacial score (nSPS) is 20.2. The van der Waals surface area contributed by atoms with Gasteiger partial charge in [-0.15, -0.1) is 0 Å². The summed E-state index contributed by atoms with van der Waals surface area (Å²) in [5.41, 5.74) is 3.19. The standard InChI is InChI=1S/C31H30FN3O4/c32-22-16-25(27-19-35(31(38)26(27)17-22)28-9-10-29(36)33-30(28)37)21-11-13-34(14-12-21)18-20-5-4-8-24(15-20)39-23-6-2-1-3-7-23/h1-8,15-17,21,28H,9-14,18-19H2,(H,33,36,37). The number of carbonyl (C=O) groups excluding carboxylic acids is 3. The van der Waals surface area contributed by atoms with Gasteiger partial charge in [-0.2, -0.15) is 0 Å². The fourth-order valence-corrected chi connectivity index (χ4v) is 6.01. The van der Waals surface area contributed by atoms with Crippen LogP contribution in [0, 0.1) is 5.82 Å². The van der Waals surface area contributed by atoms with Crippen LogP contribution in [0.1, 0.15) is 58.6 Å². The smallest absolute Gasteiger partial charge is 0.255 e. The maximum atomic E-state index is 14.7. The molecule has 3 heterocycles. The highest BCUT2D eigenvalue weighted by Gasteiger charge is 2.41. The van der Waals surface area contributed by atoms with Crippen LogP contribution in [0.15, 0.2) is 66.7 Å². The molecule has 200 valence electrons. The van der Waals surface area contributed by atoms with E-state index in [1.807, 2.05) is 42.5 Å². The Morgan fingerprint density at radius 3 is 2.44 bits per heavy atom. The second-order valence-corrected chi connectivity index (χ2v) is 10.5. The lowest BCUT2D eigenvalue weighted by atomic mass is 9.85. The number of benzene rings is 3. The third-order valence-electron chi connectivity index (χ3n) is 7.97. The van der Waals surface area contributed by atoms with Crippen LogP contribution in [0.2, 0.25) is 0 Å². The lowest BCUT2D eigenvalue weighted by molar-refractivity contribution is -0.136. The summed E-state index contributed by atoms with van der Waals surface area (Å²) < 4.78 is 20.7. The molecule has 6 rings (SSSR count). The van der Waals surface area contributed by atoms with E-state index in [-0.39, 0.29) is 37.1 Å². The maximum absolute atomic E-state index is 14.7. The topological polar surface area (TPSA) is 79.0 Å². The number of piperidine rings is 2. The first kappa shape index (κ1) is 25.2. The third-order valence-corrected chi connectivity index (χ3v) is 7.97. The number of ether oxygens (including phenoxy) is 1. The number of halogens is 1. The SMILES string of the molecule is O=C1CCC(N2Cc3c(cc(F)cc3C3CCN(Cc4cccc(Oc5ccccc5)c4)CC3)C2=O)C(=O)N1. The van der Waals surface area contributed by atoms with Crippen LogP contribution in [0.4, 0.5) is 4.39 Å². The summed E-state index contributed by atoms with van der Waals surface area (Å²) in [7, 11) is 0. The highest BCUT2D eigenvalue weighted by Crippen LogP contribution is 2.38. The van der Waals surface area contributed by atoms with E-state index in [1.54, 1.807) is 6.07 Å². The second kappa shape index (κ2) is 10.6. The second-order valence-electron chi connectivity index (χ2n) is 10.5. The van der Waals surface area contributed by atoms with Crippen LogP contribution >= 0.6 is 0 Å². The van der Waals surface area contributed by atoms with Crippen molar-refractivity contribution in [2.45, 2.75) is 50.7 Å². The fraction of sp³-hybridized carbons (Fsp3) is 0.323. The quantitative estimate of drug-likeness (QED) is 0.468. The highest BCUT2D eigenvalue weighted by atomic mass is 19.1. The molecule has 2 fully saturated rings. The Kier molecular flexibility index (Phi) is 6.87. The highest BCUT2D eigenvalue weighted by molar-refractivity contribution is 6.05. The number of para-hydroxylation sites is 1. The van der Waals surface area contributed by atoms with E-state index >= 15 is 0 Å². The number of rotatable bonds is 6. The van der Waals surface area contributed by atoms with Crippen molar-refractivity contribution in [3.63, 3.8) is 0 Å². The molecule has 3 aromatic carbocycles. The van der Waals surface area contributed by atoms with Crippen molar-refractivity contribution in [3.8, 4) is 11.5 Å². The minimum absolute atomic E-state index is 0.132. The number of hydrogen-bond donors (Lipinski definition) is 1. The van der Waals surface area contributed by atoms with Gasteiger partial charge in [-0.25, -0.2) is 4.39 Å². The van der Waals surface area contributed by atoms with Crippen LogP contribution < -0.4 is 10.1 Å². The zero-order valence-electron chi connectivity index (χ0n) is 21.6. The summed E-state index contributed by atoms with van der Waals surface area (Å²) in [4.78, 5) is 41.1. The minimum atomic E-state index is -0.706. The minimum Gasteiger partial charge on any atom is -0.457 e. The van der Waals surface area contributed by atoms with Crippen molar-refractivity contribution in [1.29, 1.82) is 0 Å². The molecule has 3 aliphatic heterocycles. The Morgan fingerprint density at radius 2 is 1.67 bits per heavy atom. The van der Waals surface area contributed by atoms with Crippen molar-refractivity contribution >= 4 is 17.7 Å². The van der Waals surface area contributed by atoms with Gasteiger partial charge in [0, 0.05) is 25.1 Å². The maximum Gasteiger partial charge on any atom is 0.255 e. The number of amides is 3. The van der Waals surface area contributed by atoms with E-state index < -0.39 is 17.8 Å². The van der Waals surface area contributed by atoms with Gasteiger partial charge in [-0.1, -0.05) is 30.3 Å². The number of likely N-dealkylation sites (tertiary alicyclic amines) is 1. The van der Waals surface area contributed by atoms with Gasteiger partial charge in [0.25, 0.3) is 5.91 Å². The van der Waals surface area contributed by atoms with Crippen LogP contribution in [-0.2, 0) is 22.7 Å². The zero-order chi connectivity index (χ0) is 26.9. The molecule has 3 aromatic rings. The number of carbonyl (C=O) groups is 3. The van der Waals surface area contributed by atoms with Crippen LogP contribution in [0.3, 0.4) is 0 Å². The van der Waals surface area contributed by atoms with Gasteiger partial charge < -0.3 is 9.64 Å². The number of imide groups is 1. The number of nitrogens with one attached hydrogen (secondary N) is 1. The lowest BCUT2D eigenvalue weighted by Gasteiger charge is -2.33. The van der Waals surface area contributed by atoms with Gasteiger partial charge in [-0.05, 0) is 91.4 Å². The molecule has 1 N–H and O–H groups in total. The summed E-state index contributed by atoms with van der Waals surface area (Å²) in [6.07, 6.45) is 2.18. The van der Waals surface area contributed by atoms with Gasteiger partial charge in [0.15, 0.2) is 0 Å². The van der Waals surface area contributed by atoms with Gasteiger partial charge in [-0.3, -0.25) is 24.6 Å². The van der Waals surface area contributed by atoms with E-state index in [2.05, 4.69) is 22.3 Å². The molecule has 39 heavy (non-hydrogen) atoms. The number of hydrogen-bond acceptors (Lipinski definition) is 5. The first-order valence-electron chi connectivity index (χ1n) is 13.5. The van der Waals surface area contributed by atoms with Gasteiger partial charge in [0.05, 0.1) is 0 Å². The van der Waals surface area contributed by atoms with E-state index in [0.29, 0.717) is 5.56 Å². The summed E-state index contributed by atoms with van der Waals surface area (Å²) in [6, 6.07) is 20.0. The van der Waals surface area contributed by atoms with E-state index in [0.717, 1.165) is 55.1 Å². The molecule has 7 nitrogen and oxygen atoms in total. The van der Waals surface area contributed by atoms with Crippen molar-refractivity contribution < 1.29 is 23.5 Å². The van der Waals surface area contributed by atoms with Gasteiger partial charge in [0.1, 0.15) is 23.4 Å². The third kappa shape index (κ3) is 5.29. The number of nitrogens with zero attached hydrogens (tertiary/aromatic N) is 2. The summed E-state index contributed by atoms with van der Waals surface area (Å²) >= 11 is 0. The monoisotopic (exact) mass is 527 g/mol.